The molecule has 0 bridgehead atoms. The number of para-hydroxylation sites is 1. The number of carbonyl (C=O) groups excluding carboxylic acids is 1. The van der Waals surface area contributed by atoms with Gasteiger partial charge in [0.15, 0.2) is 5.13 Å². The van der Waals surface area contributed by atoms with Gasteiger partial charge in [0, 0.05) is 21.0 Å². The highest BCUT2D eigenvalue weighted by atomic mass is 79.9. The van der Waals surface area contributed by atoms with Gasteiger partial charge in [-0.25, -0.2) is 4.98 Å². The molecule has 1 N–H and O–H groups in total. The maximum atomic E-state index is 12.3. The average molecular weight is 451 g/mol. The number of rotatable bonds is 5. The Hall–Kier alpha value is -2.96. The second kappa shape index (κ2) is 8.37. The summed E-state index contributed by atoms with van der Waals surface area (Å²) >= 11 is 4.77. The largest absolute Gasteiger partial charge is 0.457 e. The van der Waals surface area contributed by atoms with Crippen molar-refractivity contribution in [1.82, 2.24) is 4.98 Å². The van der Waals surface area contributed by atoms with Gasteiger partial charge in [-0.2, -0.15) is 0 Å². The van der Waals surface area contributed by atoms with Crippen LogP contribution in [0.25, 0.3) is 11.3 Å². The predicted molar refractivity (Wildman–Crippen MR) is 116 cm³/mol. The maximum absolute atomic E-state index is 12.3. The summed E-state index contributed by atoms with van der Waals surface area (Å²) in [6.45, 7) is 0. The zero-order valence-electron chi connectivity index (χ0n) is 14.6. The second-order valence-corrected chi connectivity index (χ2v) is 7.72. The van der Waals surface area contributed by atoms with Crippen LogP contribution in [0.1, 0.15) is 10.4 Å². The van der Waals surface area contributed by atoms with Gasteiger partial charge in [-0.15, -0.1) is 11.3 Å². The maximum Gasteiger partial charge on any atom is 0.257 e. The van der Waals surface area contributed by atoms with E-state index in [1.165, 1.54) is 11.3 Å². The van der Waals surface area contributed by atoms with Crippen LogP contribution in [0.4, 0.5) is 5.13 Å². The van der Waals surface area contributed by atoms with Crippen LogP contribution in [0.3, 0.4) is 0 Å². The third-order valence-corrected chi connectivity index (χ3v) is 5.19. The molecule has 0 fully saturated rings. The van der Waals surface area contributed by atoms with Crippen LogP contribution in [-0.2, 0) is 0 Å². The lowest BCUT2D eigenvalue weighted by Gasteiger charge is -2.06. The van der Waals surface area contributed by atoms with Gasteiger partial charge < -0.3 is 4.74 Å². The molecule has 4 aromatic rings. The minimum atomic E-state index is -0.186. The minimum absolute atomic E-state index is 0.186. The van der Waals surface area contributed by atoms with Gasteiger partial charge in [0.1, 0.15) is 11.5 Å². The van der Waals surface area contributed by atoms with E-state index in [-0.39, 0.29) is 5.91 Å². The van der Waals surface area contributed by atoms with Gasteiger partial charge in [0.25, 0.3) is 5.91 Å². The molecule has 6 heteroatoms. The average Bonchev–Trinajstić information content (AvgIpc) is 3.18. The summed E-state index contributed by atoms with van der Waals surface area (Å²) < 4.78 is 6.67. The Morgan fingerprint density at radius 2 is 1.68 bits per heavy atom. The molecule has 0 aliphatic carbocycles. The van der Waals surface area contributed by atoms with Crippen molar-refractivity contribution in [1.29, 1.82) is 0 Å². The first-order chi connectivity index (χ1) is 13.7. The highest BCUT2D eigenvalue weighted by Gasteiger charge is 2.10. The topological polar surface area (TPSA) is 51.2 Å². The van der Waals surface area contributed by atoms with Crippen LogP contribution in [0.5, 0.6) is 11.5 Å². The molecule has 28 heavy (non-hydrogen) atoms. The number of thiazole rings is 1. The molecule has 138 valence electrons. The number of hydrogen-bond acceptors (Lipinski definition) is 4. The van der Waals surface area contributed by atoms with Crippen molar-refractivity contribution < 1.29 is 9.53 Å². The smallest absolute Gasteiger partial charge is 0.257 e. The van der Waals surface area contributed by atoms with Crippen molar-refractivity contribution in [3.05, 3.63) is 94.3 Å². The Balaban J connectivity index is 1.44. The van der Waals surface area contributed by atoms with E-state index < -0.39 is 0 Å². The number of carbonyl (C=O) groups is 1. The number of hydrogen-bond donors (Lipinski definition) is 1. The molecule has 0 radical (unpaired) electrons. The Bertz CT molecular complexity index is 1090. The van der Waals surface area contributed by atoms with Crippen molar-refractivity contribution in [2.24, 2.45) is 0 Å². The Morgan fingerprint density at radius 3 is 2.43 bits per heavy atom. The number of benzene rings is 3. The van der Waals surface area contributed by atoms with Crippen LogP contribution in [0.15, 0.2) is 88.7 Å². The fraction of sp³-hybridized carbons (Fsp3) is 0. The van der Waals surface area contributed by atoms with Crippen molar-refractivity contribution in [3.63, 3.8) is 0 Å². The molecule has 4 nitrogen and oxygen atoms in total. The molecule has 0 aliphatic heterocycles. The molecule has 0 saturated carbocycles. The molecule has 3 aromatic carbocycles. The summed E-state index contributed by atoms with van der Waals surface area (Å²) in [5, 5.41) is 5.32. The van der Waals surface area contributed by atoms with E-state index in [9.17, 15) is 4.79 Å². The van der Waals surface area contributed by atoms with E-state index in [4.69, 9.17) is 4.74 Å². The Kier molecular flexibility index (Phi) is 5.50. The summed E-state index contributed by atoms with van der Waals surface area (Å²) in [7, 11) is 0. The van der Waals surface area contributed by atoms with Gasteiger partial charge >= 0.3 is 0 Å². The van der Waals surface area contributed by atoms with E-state index in [0.717, 1.165) is 27.2 Å². The number of halogens is 1. The first-order valence-electron chi connectivity index (χ1n) is 8.53. The normalized spacial score (nSPS) is 10.5. The summed E-state index contributed by atoms with van der Waals surface area (Å²) in [5.41, 5.74) is 2.34. The number of ether oxygens (including phenoxy) is 1. The number of aromatic nitrogens is 1. The lowest BCUT2D eigenvalue weighted by Crippen LogP contribution is -2.11. The van der Waals surface area contributed by atoms with Crippen molar-refractivity contribution in [2.45, 2.75) is 0 Å². The molecule has 1 amide bonds. The first-order valence-corrected chi connectivity index (χ1v) is 10.2. The summed E-state index contributed by atoms with van der Waals surface area (Å²) in [6.07, 6.45) is 0. The van der Waals surface area contributed by atoms with Crippen molar-refractivity contribution in [2.75, 3.05) is 5.32 Å². The molecule has 0 unspecified atom stereocenters. The van der Waals surface area contributed by atoms with E-state index in [2.05, 4.69) is 26.2 Å². The highest BCUT2D eigenvalue weighted by molar-refractivity contribution is 9.10. The van der Waals surface area contributed by atoms with Gasteiger partial charge in [0.05, 0.1) is 5.69 Å². The SMILES string of the molecule is O=C(Nc1nc(-c2ccc(Oc3ccccc3)cc2)cs1)c1cccc(Br)c1. The van der Waals surface area contributed by atoms with E-state index >= 15 is 0 Å². The minimum Gasteiger partial charge on any atom is -0.457 e. The highest BCUT2D eigenvalue weighted by Crippen LogP contribution is 2.28. The molecular formula is C22H15BrN2O2S. The Labute approximate surface area is 175 Å². The second-order valence-electron chi connectivity index (χ2n) is 5.94. The van der Waals surface area contributed by atoms with Gasteiger partial charge in [0.2, 0.25) is 0 Å². The molecule has 1 aromatic heterocycles. The lowest BCUT2D eigenvalue weighted by molar-refractivity contribution is 0.102. The number of nitrogens with one attached hydrogen (secondary N) is 1. The monoisotopic (exact) mass is 450 g/mol. The molecule has 0 saturated heterocycles. The standard InChI is InChI=1S/C22H15BrN2O2S/c23-17-6-4-5-16(13-17)21(26)25-22-24-20(14-28-22)15-9-11-19(12-10-15)27-18-7-2-1-3-8-18/h1-14H,(H,24,25,26). The van der Waals surface area contributed by atoms with Crippen molar-refractivity contribution >= 4 is 38.3 Å². The Morgan fingerprint density at radius 1 is 0.929 bits per heavy atom. The zero-order chi connectivity index (χ0) is 19.3. The molecular weight excluding hydrogens is 436 g/mol. The summed E-state index contributed by atoms with van der Waals surface area (Å²) in [5.74, 6) is 1.36. The van der Waals surface area contributed by atoms with Crippen molar-refractivity contribution in [3.8, 4) is 22.8 Å². The number of nitrogens with zero attached hydrogens (tertiary/aromatic N) is 1. The van der Waals surface area contributed by atoms with Gasteiger partial charge in [-0.3, -0.25) is 10.1 Å². The number of anilines is 1. The first kappa shape index (κ1) is 18.4. The quantitative estimate of drug-likeness (QED) is 0.371. The number of amides is 1. The van der Waals surface area contributed by atoms with Crippen LogP contribution < -0.4 is 10.1 Å². The molecule has 0 atom stereocenters. The predicted octanol–water partition coefficient (Wildman–Crippen LogP) is 6.62. The van der Waals surface area contributed by atoms with E-state index in [1.54, 1.807) is 12.1 Å². The van der Waals surface area contributed by atoms with Crippen LogP contribution in [0.2, 0.25) is 0 Å². The van der Waals surface area contributed by atoms with Gasteiger partial charge in [-0.05, 0) is 54.6 Å². The molecule has 0 spiro atoms. The summed E-state index contributed by atoms with van der Waals surface area (Å²) in [6, 6.07) is 24.6. The third kappa shape index (κ3) is 4.47. The molecule has 4 rings (SSSR count). The van der Waals surface area contributed by atoms with E-state index in [0.29, 0.717) is 10.7 Å². The summed E-state index contributed by atoms with van der Waals surface area (Å²) in [4.78, 5) is 16.9. The van der Waals surface area contributed by atoms with Crippen LogP contribution >= 0.6 is 27.3 Å². The van der Waals surface area contributed by atoms with Crippen LogP contribution in [-0.4, -0.2) is 10.9 Å². The van der Waals surface area contributed by atoms with Crippen LogP contribution in [0, 0.1) is 0 Å². The van der Waals surface area contributed by atoms with E-state index in [1.807, 2.05) is 72.1 Å². The van der Waals surface area contributed by atoms with Gasteiger partial charge in [-0.1, -0.05) is 40.2 Å². The fourth-order valence-corrected chi connectivity index (χ4v) is 3.70. The fourth-order valence-electron chi connectivity index (χ4n) is 2.58. The third-order valence-electron chi connectivity index (χ3n) is 3.94. The zero-order valence-corrected chi connectivity index (χ0v) is 17.0. The lowest BCUT2D eigenvalue weighted by atomic mass is 10.2. The molecule has 1 heterocycles. The molecule has 0 aliphatic rings.